The number of hydrogen-bond acceptors (Lipinski definition) is 1. The second-order valence-electron chi connectivity index (χ2n) is 6.08. The quantitative estimate of drug-likeness (QED) is 0.722. The zero-order chi connectivity index (χ0) is 14.7. The van der Waals surface area contributed by atoms with Crippen molar-refractivity contribution in [3.63, 3.8) is 0 Å². The van der Waals surface area contributed by atoms with Crippen LogP contribution < -0.4 is 17.0 Å². The van der Waals surface area contributed by atoms with Crippen molar-refractivity contribution >= 4 is 11.4 Å². The summed E-state index contributed by atoms with van der Waals surface area (Å²) in [4.78, 5) is 12.2. The molecule has 0 N–H and O–H groups in total. The zero-order valence-electron chi connectivity index (χ0n) is 12.7. The Balaban J connectivity index is 0.00000176. The van der Waals surface area contributed by atoms with Gasteiger partial charge in [0.05, 0.1) is 7.05 Å². The molecule has 1 aliphatic heterocycles. The van der Waals surface area contributed by atoms with E-state index in [2.05, 4.69) is 43.4 Å². The summed E-state index contributed by atoms with van der Waals surface area (Å²) >= 11 is 0. The van der Waals surface area contributed by atoms with Gasteiger partial charge < -0.3 is 21.5 Å². The van der Waals surface area contributed by atoms with Crippen molar-refractivity contribution in [2.75, 3.05) is 20.1 Å². The van der Waals surface area contributed by atoms with Crippen LogP contribution >= 0.6 is 0 Å². The molecule has 0 radical (unpaired) electrons. The van der Waals surface area contributed by atoms with Crippen molar-refractivity contribution in [2.24, 2.45) is 0 Å². The van der Waals surface area contributed by atoms with Crippen molar-refractivity contribution in [2.45, 2.75) is 6.54 Å². The Morgan fingerprint density at radius 2 is 1.50 bits per heavy atom. The average Bonchev–Trinajstić information content (AvgIpc) is 2.48. The molecule has 0 saturated carbocycles. The summed E-state index contributed by atoms with van der Waals surface area (Å²) in [5, 5.41) is 0. The molecule has 2 aromatic rings. The Hall–Kier alpha value is -1.71. The number of quaternary nitrogens is 1. The summed E-state index contributed by atoms with van der Waals surface area (Å²) in [5.41, 5.74) is 3.58. The maximum absolute atomic E-state index is 12.2. The highest BCUT2D eigenvalue weighted by atomic mass is 79.9. The minimum absolute atomic E-state index is 0. The van der Waals surface area contributed by atoms with Crippen LogP contribution in [0.2, 0.25) is 0 Å². The molecular formula is C19H20BrNO. The first-order valence-corrected chi connectivity index (χ1v) is 7.31. The van der Waals surface area contributed by atoms with E-state index in [4.69, 9.17) is 0 Å². The second-order valence-corrected chi connectivity index (χ2v) is 6.08. The third-order valence-electron chi connectivity index (χ3n) is 3.98. The molecule has 0 bridgehead atoms. The fourth-order valence-electron chi connectivity index (χ4n) is 3.09. The molecule has 1 unspecified atom stereocenters. The molecule has 0 amide bonds. The van der Waals surface area contributed by atoms with Gasteiger partial charge in [-0.25, -0.2) is 0 Å². The SMILES string of the molecule is C[N+]1(Cc2ccccc2)CC(=O)C=C(c2ccccc2)C1.[Br-]. The van der Waals surface area contributed by atoms with Crippen molar-refractivity contribution in [3.8, 4) is 0 Å². The van der Waals surface area contributed by atoms with Crippen molar-refractivity contribution in [1.29, 1.82) is 0 Å². The number of ketones is 1. The maximum Gasteiger partial charge on any atom is 0.210 e. The highest BCUT2D eigenvalue weighted by molar-refractivity contribution is 5.99. The van der Waals surface area contributed by atoms with Crippen LogP contribution in [-0.4, -0.2) is 30.4 Å². The molecule has 0 saturated heterocycles. The van der Waals surface area contributed by atoms with Crippen LogP contribution in [0, 0.1) is 0 Å². The topological polar surface area (TPSA) is 17.1 Å². The third kappa shape index (κ3) is 3.93. The normalized spacial score (nSPS) is 21.0. The van der Waals surface area contributed by atoms with Gasteiger partial charge >= 0.3 is 0 Å². The van der Waals surface area contributed by atoms with Crippen molar-refractivity contribution in [1.82, 2.24) is 0 Å². The molecule has 2 aromatic carbocycles. The van der Waals surface area contributed by atoms with Crippen LogP contribution in [0.3, 0.4) is 0 Å². The molecule has 1 heterocycles. The number of likely N-dealkylation sites (N-methyl/N-ethyl adjacent to an activating group) is 1. The number of halogens is 1. The van der Waals surface area contributed by atoms with E-state index < -0.39 is 0 Å². The molecule has 2 nitrogen and oxygen atoms in total. The minimum Gasteiger partial charge on any atom is -1.00 e. The van der Waals surface area contributed by atoms with Crippen LogP contribution in [0.1, 0.15) is 11.1 Å². The van der Waals surface area contributed by atoms with Gasteiger partial charge in [-0.15, -0.1) is 0 Å². The Labute approximate surface area is 142 Å². The number of rotatable bonds is 3. The third-order valence-corrected chi connectivity index (χ3v) is 3.98. The fraction of sp³-hybridized carbons (Fsp3) is 0.211. The standard InChI is InChI=1S/C19H20NO.BrH/c1-20(13-16-8-4-2-5-9-16)14-18(12-19(21)15-20)17-10-6-3-7-11-17;/h2-12H,13-15H2,1H3;1H/q+1;/p-1. The lowest BCUT2D eigenvalue weighted by atomic mass is 9.98. The lowest BCUT2D eigenvalue weighted by molar-refractivity contribution is -0.908. The van der Waals surface area contributed by atoms with Gasteiger partial charge in [0.2, 0.25) is 5.78 Å². The van der Waals surface area contributed by atoms with Gasteiger partial charge in [0.15, 0.2) is 0 Å². The summed E-state index contributed by atoms with van der Waals surface area (Å²) in [6.07, 6.45) is 1.82. The van der Waals surface area contributed by atoms with Gasteiger partial charge in [-0.2, -0.15) is 0 Å². The molecular weight excluding hydrogens is 338 g/mol. The van der Waals surface area contributed by atoms with E-state index in [-0.39, 0.29) is 22.8 Å². The average molecular weight is 358 g/mol. The summed E-state index contributed by atoms with van der Waals surface area (Å²) < 4.78 is 0.740. The monoisotopic (exact) mass is 357 g/mol. The molecule has 114 valence electrons. The van der Waals surface area contributed by atoms with E-state index in [9.17, 15) is 4.79 Å². The Bertz CT molecular complexity index is 666. The van der Waals surface area contributed by atoms with E-state index in [0.717, 1.165) is 28.7 Å². The summed E-state index contributed by atoms with van der Waals surface area (Å²) in [5.74, 6) is 0.221. The van der Waals surface area contributed by atoms with Crippen molar-refractivity contribution < 1.29 is 26.3 Å². The van der Waals surface area contributed by atoms with Crippen LogP contribution in [0.5, 0.6) is 0 Å². The molecule has 0 aromatic heterocycles. The van der Waals surface area contributed by atoms with Gasteiger partial charge in [-0.05, 0) is 11.6 Å². The van der Waals surface area contributed by atoms with Gasteiger partial charge in [-0.3, -0.25) is 4.79 Å². The van der Waals surface area contributed by atoms with Crippen LogP contribution in [-0.2, 0) is 11.3 Å². The van der Waals surface area contributed by atoms with Crippen molar-refractivity contribution in [3.05, 3.63) is 77.9 Å². The van der Waals surface area contributed by atoms with E-state index in [1.165, 1.54) is 5.56 Å². The molecule has 1 atom stereocenters. The molecule has 3 rings (SSSR count). The second kappa shape index (κ2) is 7.03. The highest BCUT2D eigenvalue weighted by Gasteiger charge is 2.31. The summed E-state index contributed by atoms with van der Waals surface area (Å²) in [6, 6.07) is 20.6. The van der Waals surface area contributed by atoms with E-state index in [1.54, 1.807) is 0 Å². The summed E-state index contributed by atoms with van der Waals surface area (Å²) in [6.45, 7) is 2.35. The first-order chi connectivity index (χ1) is 10.1. The number of hydrogen-bond donors (Lipinski definition) is 0. The maximum atomic E-state index is 12.2. The van der Waals surface area contributed by atoms with E-state index >= 15 is 0 Å². The van der Waals surface area contributed by atoms with Gasteiger partial charge in [-0.1, -0.05) is 60.7 Å². The van der Waals surface area contributed by atoms with Crippen LogP contribution in [0.25, 0.3) is 5.57 Å². The molecule has 1 aliphatic rings. The first-order valence-electron chi connectivity index (χ1n) is 7.31. The Morgan fingerprint density at radius 3 is 2.14 bits per heavy atom. The predicted octanol–water partition coefficient (Wildman–Crippen LogP) is 0.303. The largest absolute Gasteiger partial charge is 1.00 e. The number of nitrogens with zero attached hydrogens (tertiary/aromatic N) is 1. The molecule has 0 aliphatic carbocycles. The van der Waals surface area contributed by atoms with E-state index in [0.29, 0.717) is 6.54 Å². The van der Waals surface area contributed by atoms with Crippen LogP contribution in [0.4, 0.5) is 0 Å². The molecule has 3 heteroatoms. The molecule has 0 spiro atoms. The van der Waals surface area contributed by atoms with Gasteiger partial charge in [0.25, 0.3) is 0 Å². The highest BCUT2D eigenvalue weighted by Crippen LogP contribution is 2.25. The first kappa shape index (κ1) is 16.7. The molecule has 22 heavy (non-hydrogen) atoms. The number of carbonyl (C=O) groups excluding carboxylic acids is 1. The predicted molar refractivity (Wildman–Crippen MR) is 85.5 cm³/mol. The number of benzene rings is 2. The van der Waals surface area contributed by atoms with Crippen LogP contribution in [0.15, 0.2) is 66.7 Å². The number of carbonyl (C=O) groups is 1. The minimum atomic E-state index is 0. The van der Waals surface area contributed by atoms with E-state index in [1.807, 2.05) is 30.3 Å². The Kier molecular flexibility index (Phi) is 5.33. The Morgan fingerprint density at radius 1 is 0.909 bits per heavy atom. The smallest absolute Gasteiger partial charge is 0.210 e. The molecule has 0 fully saturated rings. The lowest BCUT2D eigenvalue weighted by Crippen LogP contribution is -3.00. The fourth-order valence-corrected chi connectivity index (χ4v) is 3.09. The summed E-state index contributed by atoms with van der Waals surface area (Å²) in [7, 11) is 2.17. The van der Waals surface area contributed by atoms with Gasteiger partial charge in [0, 0.05) is 11.1 Å². The van der Waals surface area contributed by atoms with Gasteiger partial charge in [0.1, 0.15) is 19.6 Å². The lowest BCUT2D eigenvalue weighted by Gasteiger charge is -2.37. The zero-order valence-corrected chi connectivity index (χ0v) is 14.3.